The van der Waals surface area contributed by atoms with E-state index in [-0.39, 0.29) is 37.5 Å². The van der Waals surface area contributed by atoms with Gasteiger partial charge in [-0.15, -0.1) is 0 Å². The van der Waals surface area contributed by atoms with Crippen LogP contribution in [-0.2, 0) is 28.6 Å². The van der Waals surface area contributed by atoms with Crippen LogP contribution < -0.4 is 0 Å². The normalized spacial score (nSPS) is 13.3. The van der Waals surface area contributed by atoms with Crippen LogP contribution in [0.2, 0.25) is 0 Å². The lowest BCUT2D eigenvalue weighted by Gasteiger charge is -2.18. The van der Waals surface area contributed by atoms with Crippen molar-refractivity contribution in [2.45, 2.75) is 207 Å². The number of hydrogen-bond donors (Lipinski definition) is 0. The lowest BCUT2D eigenvalue weighted by Crippen LogP contribution is -2.30. The lowest BCUT2D eigenvalue weighted by atomic mass is 10.1. The van der Waals surface area contributed by atoms with Gasteiger partial charge in [-0.2, -0.15) is 0 Å². The van der Waals surface area contributed by atoms with E-state index in [0.29, 0.717) is 19.3 Å². The molecule has 0 bridgehead atoms. The van der Waals surface area contributed by atoms with E-state index in [4.69, 9.17) is 14.2 Å². The topological polar surface area (TPSA) is 78.9 Å². The highest BCUT2D eigenvalue weighted by Crippen LogP contribution is 2.13. The Morgan fingerprint density at radius 3 is 1.09 bits per heavy atom. The van der Waals surface area contributed by atoms with E-state index in [2.05, 4.69) is 93.7 Å². The van der Waals surface area contributed by atoms with Crippen LogP contribution in [0.3, 0.4) is 0 Å². The highest BCUT2D eigenvalue weighted by Gasteiger charge is 2.19. The molecule has 0 aliphatic carbocycles. The van der Waals surface area contributed by atoms with Crippen LogP contribution in [0.25, 0.3) is 0 Å². The van der Waals surface area contributed by atoms with Gasteiger partial charge < -0.3 is 14.2 Å². The van der Waals surface area contributed by atoms with Gasteiger partial charge in [0.15, 0.2) is 6.10 Å². The molecule has 1 unspecified atom stereocenters. The molecule has 0 aromatic heterocycles. The van der Waals surface area contributed by atoms with Crippen LogP contribution in [0.15, 0.2) is 146 Å². The van der Waals surface area contributed by atoms with Gasteiger partial charge in [-0.25, -0.2) is 0 Å². The third-order valence-electron chi connectivity index (χ3n) is 10.5. The molecule has 1 atom stereocenters. The lowest BCUT2D eigenvalue weighted by molar-refractivity contribution is -0.167. The minimum Gasteiger partial charge on any atom is -0.462 e. The molecule has 0 N–H and O–H groups in total. The zero-order chi connectivity index (χ0) is 48.6. The third-order valence-corrected chi connectivity index (χ3v) is 10.5. The molecule has 0 amide bonds. The number of ether oxygens (including phenoxy) is 3. The first-order chi connectivity index (χ1) is 33.0. The molecule has 0 aromatic carbocycles. The van der Waals surface area contributed by atoms with Gasteiger partial charge in [-0.05, 0) is 83.5 Å². The van der Waals surface area contributed by atoms with Crippen molar-refractivity contribution in [1.29, 1.82) is 0 Å². The second-order valence-electron chi connectivity index (χ2n) is 16.9. The van der Waals surface area contributed by atoms with Crippen LogP contribution in [0.5, 0.6) is 0 Å². The summed E-state index contributed by atoms with van der Waals surface area (Å²) in [7, 11) is 0. The second kappa shape index (κ2) is 53.9. The standard InChI is InChI=1S/C61H94O6/c1-4-7-10-13-16-19-22-24-26-28-30-32-34-36-39-42-45-48-51-54-60(63)66-57-58(56-65-59(62)53-50-47-44-41-38-21-18-15-12-9-6-3)67-61(64)55-52-49-46-43-40-37-35-33-31-29-27-25-23-20-17-14-11-8-5-2/h7-8,10-11,13,16-17,19-20,22,24-28,30-34,36-37,39-40,58H,4-6,9,12,14-15,18,21,23,29,35,38,41-57H2,1-3H3/b10-7-,11-8-,16-13-,20-17-,22-19-,26-24-,27-25-,30-28+,33-31-,34-32-,39-36-,40-37-. The Morgan fingerprint density at radius 1 is 0.328 bits per heavy atom. The Kier molecular flexibility index (Phi) is 50.1. The molecule has 0 rings (SSSR count). The number of rotatable bonds is 45. The largest absolute Gasteiger partial charge is 0.462 e. The maximum atomic E-state index is 12.8. The molecule has 0 aliphatic heterocycles. The van der Waals surface area contributed by atoms with Gasteiger partial charge in [0.2, 0.25) is 0 Å². The van der Waals surface area contributed by atoms with Crippen molar-refractivity contribution in [3.05, 3.63) is 146 Å². The Bertz CT molecular complexity index is 1530. The van der Waals surface area contributed by atoms with Crippen molar-refractivity contribution >= 4 is 17.9 Å². The molecule has 0 radical (unpaired) electrons. The van der Waals surface area contributed by atoms with E-state index >= 15 is 0 Å². The van der Waals surface area contributed by atoms with E-state index in [1.54, 1.807) is 0 Å². The number of unbranched alkanes of at least 4 members (excludes halogenated alkanes) is 16. The smallest absolute Gasteiger partial charge is 0.306 e. The summed E-state index contributed by atoms with van der Waals surface area (Å²) < 4.78 is 16.7. The highest BCUT2D eigenvalue weighted by molar-refractivity contribution is 5.71. The average molecular weight is 923 g/mol. The summed E-state index contributed by atoms with van der Waals surface area (Å²) in [5, 5.41) is 0. The van der Waals surface area contributed by atoms with Gasteiger partial charge in [0, 0.05) is 19.3 Å². The van der Waals surface area contributed by atoms with Gasteiger partial charge in [0.25, 0.3) is 0 Å². The molecule has 0 aliphatic rings. The molecular formula is C61H94O6. The Labute approximate surface area is 410 Å². The third kappa shape index (κ3) is 52.1. The van der Waals surface area contributed by atoms with Gasteiger partial charge in [-0.1, -0.05) is 244 Å². The summed E-state index contributed by atoms with van der Waals surface area (Å²) in [6, 6.07) is 0. The average Bonchev–Trinajstić information content (AvgIpc) is 3.33. The van der Waals surface area contributed by atoms with E-state index in [1.807, 2.05) is 72.9 Å². The molecule has 0 fully saturated rings. The Hall–Kier alpha value is -4.71. The molecule has 0 aromatic rings. The van der Waals surface area contributed by atoms with Crippen molar-refractivity contribution in [1.82, 2.24) is 0 Å². The van der Waals surface area contributed by atoms with Gasteiger partial charge in [-0.3, -0.25) is 14.4 Å². The fourth-order valence-electron chi connectivity index (χ4n) is 6.63. The van der Waals surface area contributed by atoms with E-state index in [0.717, 1.165) is 103 Å². The van der Waals surface area contributed by atoms with Crippen molar-refractivity contribution in [3.63, 3.8) is 0 Å². The Balaban J connectivity index is 4.57. The van der Waals surface area contributed by atoms with Gasteiger partial charge >= 0.3 is 17.9 Å². The van der Waals surface area contributed by atoms with Crippen molar-refractivity contribution in [2.24, 2.45) is 0 Å². The first-order valence-corrected chi connectivity index (χ1v) is 26.4. The second-order valence-corrected chi connectivity index (χ2v) is 16.9. The molecule has 0 heterocycles. The predicted molar refractivity (Wildman–Crippen MR) is 288 cm³/mol. The SMILES string of the molecule is CC\C=C/C=C\C=C/C=C\C=C\C=C/C=C\CCCCCC(=O)OCC(COC(=O)CCCCCCCCCCCCC)OC(=O)CCCCC/C=C\C/C=C\C/C=C\C/C=C\C/C=C\CC. The minimum absolute atomic E-state index is 0.111. The van der Waals surface area contributed by atoms with Gasteiger partial charge in [0.05, 0.1) is 0 Å². The number of hydrogen-bond acceptors (Lipinski definition) is 6. The maximum Gasteiger partial charge on any atom is 0.306 e. The van der Waals surface area contributed by atoms with Crippen molar-refractivity contribution in [2.75, 3.05) is 13.2 Å². The molecule has 6 heteroatoms. The number of allylic oxidation sites excluding steroid dienone is 24. The van der Waals surface area contributed by atoms with Crippen LogP contribution in [0.1, 0.15) is 201 Å². The molecule has 67 heavy (non-hydrogen) atoms. The summed E-state index contributed by atoms with van der Waals surface area (Å²) in [6.07, 6.45) is 76.8. The highest BCUT2D eigenvalue weighted by atomic mass is 16.6. The number of carbonyl (C=O) groups excluding carboxylic acids is 3. The molecule has 0 saturated carbocycles. The zero-order valence-corrected chi connectivity index (χ0v) is 42.6. The van der Waals surface area contributed by atoms with Crippen LogP contribution >= 0.6 is 0 Å². The fourth-order valence-corrected chi connectivity index (χ4v) is 6.63. The quantitative estimate of drug-likeness (QED) is 0.0199. The summed E-state index contributed by atoms with van der Waals surface area (Å²) in [6.45, 7) is 6.28. The number of esters is 3. The summed E-state index contributed by atoms with van der Waals surface area (Å²) in [4.78, 5) is 38.0. The summed E-state index contributed by atoms with van der Waals surface area (Å²) in [5.41, 5.74) is 0. The Morgan fingerprint density at radius 2 is 0.657 bits per heavy atom. The summed E-state index contributed by atoms with van der Waals surface area (Å²) in [5.74, 6) is -1.00. The molecular weight excluding hydrogens is 829 g/mol. The van der Waals surface area contributed by atoms with E-state index < -0.39 is 6.10 Å². The monoisotopic (exact) mass is 923 g/mol. The maximum absolute atomic E-state index is 12.8. The van der Waals surface area contributed by atoms with Gasteiger partial charge in [0.1, 0.15) is 13.2 Å². The van der Waals surface area contributed by atoms with Crippen molar-refractivity contribution in [3.8, 4) is 0 Å². The number of carbonyl (C=O) groups is 3. The minimum atomic E-state index is -0.819. The van der Waals surface area contributed by atoms with Crippen LogP contribution in [0, 0.1) is 0 Å². The molecule has 0 saturated heterocycles. The molecule has 374 valence electrons. The zero-order valence-electron chi connectivity index (χ0n) is 42.6. The van der Waals surface area contributed by atoms with Crippen LogP contribution in [0.4, 0.5) is 0 Å². The first kappa shape index (κ1) is 62.3. The molecule has 0 spiro atoms. The predicted octanol–water partition coefficient (Wildman–Crippen LogP) is 17.6. The van der Waals surface area contributed by atoms with E-state index in [1.165, 1.54) is 51.4 Å². The van der Waals surface area contributed by atoms with E-state index in [9.17, 15) is 14.4 Å². The van der Waals surface area contributed by atoms with Crippen molar-refractivity contribution < 1.29 is 28.6 Å². The first-order valence-electron chi connectivity index (χ1n) is 26.4. The summed E-state index contributed by atoms with van der Waals surface area (Å²) >= 11 is 0. The van der Waals surface area contributed by atoms with Crippen LogP contribution in [-0.4, -0.2) is 37.2 Å². The molecule has 6 nitrogen and oxygen atoms in total. The fraction of sp³-hybridized carbons (Fsp3) is 0.557.